The lowest BCUT2D eigenvalue weighted by molar-refractivity contribution is -0.137. The maximum absolute atomic E-state index is 11.4. The van der Waals surface area contributed by atoms with Gasteiger partial charge < -0.3 is 9.47 Å². The molecule has 0 heterocycles. The Hall–Kier alpha value is -0.830. The molecule has 0 bridgehead atoms. The van der Waals surface area contributed by atoms with E-state index in [0.717, 1.165) is 12.8 Å². The first-order chi connectivity index (χ1) is 11.7. The number of ether oxygens (including phenoxy) is 2. The summed E-state index contributed by atoms with van der Waals surface area (Å²) in [6.07, 6.45) is 18.1. The Morgan fingerprint density at radius 1 is 0.792 bits per heavy atom. The summed E-state index contributed by atoms with van der Waals surface area (Å²) in [5.41, 5.74) is 0.430. The van der Waals surface area contributed by atoms with Gasteiger partial charge in [-0.15, -0.1) is 0 Å². The number of hydrogen-bond acceptors (Lipinski definition) is 3. The molecule has 142 valence electrons. The quantitative estimate of drug-likeness (QED) is 0.179. The van der Waals surface area contributed by atoms with Gasteiger partial charge in [-0.05, 0) is 6.42 Å². The van der Waals surface area contributed by atoms with Crippen LogP contribution in [0.5, 0.6) is 0 Å². The molecule has 3 heteroatoms. The Morgan fingerprint density at radius 3 is 1.58 bits per heavy atom. The lowest BCUT2D eigenvalue weighted by Gasteiger charge is -2.16. The maximum atomic E-state index is 11.4. The molecule has 3 nitrogen and oxygen atoms in total. The largest absolute Gasteiger partial charge is 0.466 e. The third-order valence-corrected chi connectivity index (χ3v) is 4.69. The second-order valence-electron chi connectivity index (χ2n) is 6.77. The monoisotopic (exact) mass is 340 g/mol. The molecule has 0 aromatic rings. The lowest BCUT2D eigenvalue weighted by atomic mass is 10.0. The van der Waals surface area contributed by atoms with E-state index in [-0.39, 0.29) is 12.1 Å². The van der Waals surface area contributed by atoms with E-state index >= 15 is 0 Å². The third kappa shape index (κ3) is 12.6. The zero-order valence-corrected chi connectivity index (χ0v) is 16.4. The van der Waals surface area contributed by atoms with Crippen LogP contribution in [0.1, 0.15) is 96.8 Å². The van der Waals surface area contributed by atoms with Gasteiger partial charge in [0.2, 0.25) is 0 Å². The van der Waals surface area contributed by atoms with Crippen LogP contribution in [-0.2, 0) is 14.3 Å². The average molecular weight is 341 g/mol. The summed E-state index contributed by atoms with van der Waals surface area (Å²) in [6.45, 7) is 6.05. The molecule has 0 spiro atoms. The smallest absolute Gasteiger partial charge is 0.335 e. The van der Waals surface area contributed by atoms with E-state index in [4.69, 9.17) is 9.47 Å². The second kappa shape index (κ2) is 17.0. The predicted molar refractivity (Wildman–Crippen MR) is 102 cm³/mol. The molecule has 1 unspecified atom stereocenters. The highest BCUT2D eigenvalue weighted by Gasteiger charge is 2.18. The van der Waals surface area contributed by atoms with Crippen LogP contribution in [0, 0.1) is 0 Å². The number of carbonyl (C=O) groups excluding carboxylic acids is 1. The number of unbranched alkanes of at least 4 members (excludes halogenated alkanes) is 12. The summed E-state index contributed by atoms with van der Waals surface area (Å²) >= 11 is 0. The molecule has 0 rings (SSSR count). The summed E-state index contributed by atoms with van der Waals surface area (Å²) in [6, 6.07) is 0. The topological polar surface area (TPSA) is 35.5 Å². The summed E-state index contributed by atoms with van der Waals surface area (Å²) < 4.78 is 10.0. The Bertz CT molecular complexity index is 312. The van der Waals surface area contributed by atoms with Gasteiger partial charge in [-0.2, -0.15) is 0 Å². The number of rotatable bonds is 17. The molecular weight excluding hydrogens is 300 g/mol. The lowest BCUT2D eigenvalue weighted by Crippen LogP contribution is -2.20. The Balaban J connectivity index is 3.41. The van der Waals surface area contributed by atoms with Crippen molar-refractivity contribution in [2.75, 3.05) is 14.2 Å². The SMILES string of the molecule is C=C(C(=O)OC)C(CCCCCCCCCCCCCCC)OC. The number of carbonyl (C=O) groups is 1. The van der Waals surface area contributed by atoms with Crippen LogP contribution in [-0.4, -0.2) is 26.3 Å². The van der Waals surface area contributed by atoms with Crippen LogP contribution >= 0.6 is 0 Å². The van der Waals surface area contributed by atoms with E-state index in [1.165, 1.54) is 84.2 Å². The summed E-state index contributed by atoms with van der Waals surface area (Å²) in [7, 11) is 3.01. The highest BCUT2D eigenvalue weighted by atomic mass is 16.5. The van der Waals surface area contributed by atoms with E-state index in [1.807, 2.05) is 0 Å². The fraction of sp³-hybridized carbons (Fsp3) is 0.857. The maximum Gasteiger partial charge on any atom is 0.335 e. The normalized spacial score (nSPS) is 12.1. The minimum Gasteiger partial charge on any atom is -0.466 e. The molecule has 24 heavy (non-hydrogen) atoms. The zero-order chi connectivity index (χ0) is 18.0. The minimum atomic E-state index is -0.364. The molecule has 0 radical (unpaired) electrons. The van der Waals surface area contributed by atoms with Crippen molar-refractivity contribution in [1.82, 2.24) is 0 Å². The van der Waals surface area contributed by atoms with Crippen molar-refractivity contribution >= 4 is 5.97 Å². The molecule has 0 saturated heterocycles. The summed E-state index contributed by atoms with van der Waals surface area (Å²) in [5.74, 6) is -0.364. The van der Waals surface area contributed by atoms with Crippen LogP contribution in [0.15, 0.2) is 12.2 Å². The van der Waals surface area contributed by atoms with Crippen molar-refractivity contribution < 1.29 is 14.3 Å². The number of esters is 1. The van der Waals surface area contributed by atoms with E-state index < -0.39 is 0 Å². The van der Waals surface area contributed by atoms with Crippen molar-refractivity contribution in [2.24, 2.45) is 0 Å². The summed E-state index contributed by atoms with van der Waals surface area (Å²) in [4.78, 5) is 11.4. The first-order valence-corrected chi connectivity index (χ1v) is 9.97. The highest BCUT2D eigenvalue weighted by Crippen LogP contribution is 2.16. The van der Waals surface area contributed by atoms with Crippen molar-refractivity contribution in [2.45, 2.75) is 103 Å². The van der Waals surface area contributed by atoms with E-state index in [9.17, 15) is 4.79 Å². The zero-order valence-electron chi connectivity index (χ0n) is 16.4. The van der Waals surface area contributed by atoms with Gasteiger partial charge in [-0.25, -0.2) is 4.79 Å². The molecule has 0 N–H and O–H groups in total. The molecule has 0 aromatic carbocycles. The highest BCUT2D eigenvalue weighted by molar-refractivity contribution is 5.88. The van der Waals surface area contributed by atoms with Gasteiger partial charge >= 0.3 is 5.97 Å². The van der Waals surface area contributed by atoms with Crippen molar-refractivity contribution in [3.8, 4) is 0 Å². The average Bonchev–Trinajstić information content (AvgIpc) is 2.61. The van der Waals surface area contributed by atoms with Crippen LogP contribution in [0.25, 0.3) is 0 Å². The van der Waals surface area contributed by atoms with Crippen LogP contribution in [0.2, 0.25) is 0 Å². The van der Waals surface area contributed by atoms with Gasteiger partial charge in [-0.1, -0.05) is 97.0 Å². The van der Waals surface area contributed by atoms with Gasteiger partial charge in [0, 0.05) is 7.11 Å². The van der Waals surface area contributed by atoms with Crippen LogP contribution in [0.3, 0.4) is 0 Å². The minimum absolute atomic E-state index is 0.204. The fourth-order valence-corrected chi connectivity index (χ4v) is 3.04. The molecule has 0 aromatic heterocycles. The fourth-order valence-electron chi connectivity index (χ4n) is 3.04. The van der Waals surface area contributed by atoms with Crippen LogP contribution < -0.4 is 0 Å². The Labute approximate surface area is 150 Å². The third-order valence-electron chi connectivity index (χ3n) is 4.69. The van der Waals surface area contributed by atoms with E-state index in [2.05, 4.69) is 13.5 Å². The van der Waals surface area contributed by atoms with Crippen molar-refractivity contribution in [3.05, 3.63) is 12.2 Å². The van der Waals surface area contributed by atoms with Gasteiger partial charge in [0.15, 0.2) is 0 Å². The van der Waals surface area contributed by atoms with Crippen LogP contribution in [0.4, 0.5) is 0 Å². The summed E-state index contributed by atoms with van der Waals surface area (Å²) in [5, 5.41) is 0. The molecule has 0 aliphatic carbocycles. The Morgan fingerprint density at radius 2 is 1.21 bits per heavy atom. The van der Waals surface area contributed by atoms with Crippen molar-refractivity contribution in [3.63, 3.8) is 0 Å². The van der Waals surface area contributed by atoms with Gasteiger partial charge in [0.05, 0.1) is 18.8 Å². The van der Waals surface area contributed by atoms with Gasteiger partial charge in [0.25, 0.3) is 0 Å². The molecule has 0 aliphatic rings. The van der Waals surface area contributed by atoms with E-state index in [1.54, 1.807) is 7.11 Å². The predicted octanol–water partition coefficient (Wildman–Crippen LogP) is 6.21. The molecule has 0 aliphatic heterocycles. The molecule has 0 amide bonds. The molecule has 0 saturated carbocycles. The van der Waals surface area contributed by atoms with Crippen molar-refractivity contribution in [1.29, 1.82) is 0 Å². The van der Waals surface area contributed by atoms with Gasteiger partial charge in [-0.3, -0.25) is 0 Å². The number of hydrogen-bond donors (Lipinski definition) is 0. The molecular formula is C21H40O3. The Kier molecular flexibility index (Phi) is 16.4. The standard InChI is InChI=1S/C21H40O3/c1-5-6-7-8-9-10-11-12-13-14-15-16-17-18-20(23-3)19(2)21(22)24-4/h20H,2,5-18H2,1,3-4H3. The second-order valence-corrected chi connectivity index (χ2v) is 6.77. The van der Waals surface area contributed by atoms with Gasteiger partial charge in [0.1, 0.15) is 0 Å². The van der Waals surface area contributed by atoms with E-state index in [0.29, 0.717) is 5.57 Å². The first kappa shape index (κ1) is 23.2. The number of methoxy groups -OCH3 is 2. The molecule has 1 atom stereocenters. The first-order valence-electron chi connectivity index (χ1n) is 9.97. The molecule has 0 fully saturated rings.